The predicted molar refractivity (Wildman–Crippen MR) is 124 cm³/mol. The third-order valence-electron chi connectivity index (χ3n) is 7.24. The molecule has 0 spiro atoms. The van der Waals surface area contributed by atoms with E-state index in [1.807, 2.05) is 49.1 Å². The molecule has 0 aliphatic carbocycles. The highest BCUT2D eigenvalue weighted by molar-refractivity contribution is 6.10. The largest absolute Gasteiger partial charge is 0.342 e. The Labute approximate surface area is 190 Å². The van der Waals surface area contributed by atoms with Crippen LogP contribution in [0.4, 0.5) is 0 Å². The summed E-state index contributed by atoms with van der Waals surface area (Å²) in [6.07, 6.45) is 2.10. The fourth-order valence-electron chi connectivity index (χ4n) is 5.55. The lowest BCUT2D eigenvalue weighted by molar-refractivity contribution is -0.142. The number of piperidine rings is 1. The average Bonchev–Trinajstić information content (AvgIpc) is 3.03. The topological polar surface area (TPSA) is 57.7 Å². The lowest BCUT2D eigenvalue weighted by atomic mass is 9.73. The van der Waals surface area contributed by atoms with Crippen LogP contribution in [0.25, 0.3) is 0 Å². The van der Waals surface area contributed by atoms with Crippen LogP contribution in [0.15, 0.2) is 48.5 Å². The molecule has 0 radical (unpaired) electrons. The summed E-state index contributed by atoms with van der Waals surface area (Å²) in [6, 6.07) is 16.0. The van der Waals surface area contributed by atoms with Gasteiger partial charge in [-0.2, -0.15) is 0 Å². The van der Waals surface area contributed by atoms with Crippen molar-refractivity contribution in [2.75, 3.05) is 19.6 Å². The second kappa shape index (κ2) is 8.89. The normalized spacial score (nSPS) is 23.7. The van der Waals surface area contributed by atoms with Crippen molar-refractivity contribution < 1.29 is 14.4 Å². The van der Waals surface area contributed by atoms with Gasteiger partial charge >= 0.3 is 0 Å². The number of carbonyl (C=O) groups excluding carboxylic acids is 3. The second-order valence-corrected chi connectivity index (χ2v) is 9.23. The van der Waals surface area contributed by atoms with Gasteiger partial charge in [0, 0.05) is 38.4 Å². The quantitative estimate of drug-likeness (QED) is 0.668. The minimum atomic E-state index is -1.11. The number of likely N-dealkylation sites (N-methyl/N-ethyl adjacent to an activating group) is 1. The van der Waals surface area contributed by atoms with Gasteiger partial charge in [0.25, 0.3) is 0 Å². The lowest BCUT2D eigenvalue weighted by Crippen LogP contribution is -2.46. The van der Waals surface area contributed by atoms with Crippen molar-refractivity contribution >= 4 is 17.7 Å². The van der Waals surface area contributed by atoms with Gasteiger partial charge in [0.05, 0.1) is 5.41 Å². The summed E-state index contributed by atoms with van der Waals surface area (Å²) in [5.41, 5.74) is 3.18. The first-order valence-electron chi connectivity index (χ1n) is 11.6. The number of imide groups is 1. The first-order valence-corrected chi connectivity index (χ1v) is 11.6. The first kappa shape index (κ1) is 22.3. The number of benzene rings is 2. The van der Waals surface area contributed by atoms with E-state index in [-0.39, 0.29) is 30.6 Å². The van der Waals surface area contributed by atoms with E-state index in [0.717, 1.165) is 24.0 Å². The van der Waals surface area contributed by atoms with E-state index in [2.05, 4.69) is 25.1 Å². The number of likely N-dealkylation sites (tertiary alicyclic amines) is 2. The van der Waals surface area contributed by atoms with Gasteiger partial charge in [-0.15, -0.1) is 0 Å². The maximum atomic E-state index is 13.6. The summed E-state index contributed by atoms with van der Waals surface area (Å²) in [5, 5.41) is 0. The highest BCUT2D eigenvalue weighted by Gasteiger charge is 2.54. The van der Waals surface area contributed by atoms with E-state index in [0.29, 0.717) is 25.6 Å². The average molecular weight is 433 g/mol. The van der Waals surface area contributed by atoms with Crippen LogP contribution in [0.2, 0.25) is 0 Å². The van der Waals surface area contributed by atoms with Crippen LogP contribution in [0, 0.1) is 13.8 Å². The van der Waals surface area contributed by atoms with E-state index < -0.39 is 5.41 Å². The molecule has 2 aliphatic heterocycles. The van der Waals surface area contributed by atoms with Crippen molar-refractivity contribution in [3.05, 3.63) is 70.8 Å². The smallest absolute Gasteiger partial charge is 0.240 e. The zero-order chi connectivity index (χ0) is 22.9. The Balaban J connectivity index is 1.63. The molecule has 0 saturated carbocycles. The van der Waals surface area contributed by atoms with Crippen molar-refractivity contribution in [1.29, 1.82) is 0 Å². The lowest BCUT2D eigenvalue weighted by Gasteiger charge is -2.36. The Hall–Kier alpha value is -2.95. The Morgan fingerprint density at radius 1 is 1.03 bits per heavy atom. The predicted octanol–water partition coefficient (Wildman–Crippen LogP) is 4.12. The molecule has 2 saturated heterocycles. The monoisotopic (exact) mass is 432 g/mol. The van der Waals surface area contributed by atoms with Crippen LogP contribution in [-0.2, 0) is 19.8 Å². The van der Waals surface area contributed by atoms with Gasteiger partial charge in [-0.1, -0.05) is 48.5 Å². The Bertz CT molecular complexity index is 1050. The molecule has 2 heterocycles. The molecule has 2 aromatic carbocycles. The van der Waals surface area contributed by atoms with Gasteiger partial charge in [-0.05, 0) is 55.9 Å². The van der Waals surface area contributed by atoms with Crippen LogP contribution < -0.4 is 0 Å². The van der Waals surface area contributed by atoms with Gasteiger partial charge in [-0.3, -0.25) is 19.3 Å². The first-order chi connectivity index (χ1) is 15.4. The molecule has 4 rings (SSSR count). The highest BCUT2D eigenvalue weighted by atomic mass is 16.2. The van der Waals surface area contributed by atoms with Crippen molar-refractivity contribution in [2.45, 2.75) is 57.8 Å². The minimum Gasteiger partial charge on any atom is -0.342 e. The number of aryl methyl sites for hydroxylation is 2. The second-order valence-electron chi connectivity index (χ2n) is 9.23. The number of amides is 3. The maximum Gasteiger partial charge on any atom is 0.240 e. The molecule has 0 N–H and O–H groups in total. The Kier molecular flexibility index (Phi) is 6.18. The number of rotatable bonds is 5. The molecule has 168 valence electrons. The minimum absolute atomic E-state index is 0.0364. The van der Waals surface area contributed by atoms with Gasteiger partial charge < -0.3 is 4.90 Å². The molecular weight excluding hydrogens is 400 g/mol. The molecule has 2 atom stereocenters. The van der Waals surface area contributed by atoms with Crippen LogP contribution in [-0.4, -0.2) is 47.2 Å². The zero-order valence-corrected chi connectivity index (χ0v) is 19.3. The highest BCUT2D eigenvalue weighted by Crippen LogP contribution is 2.42. The summed E-state index contributed by atoms with van der Waals surface area (Å²) < 4.78 is 0. The summed E-state index contributed by atoms with van der Waals surface area (Å²) >= 11 is 0. The molecule has 0 aromatic heterocycles. The third-order valence-corrected chi connectivity index (χ3v) is 7.24. The molecule has 0 bridgehead atoms. The molecule has 3 amide bonds. The van der Waals surface area contributed by atoms with Gasteiger partial charge in [-0.25, -0.2) is 0 Å². The number of hydrogen-bond donors (Lipinski definition) is 0. The zero-order valence-electron chi connectivity index (χ0n) is 19.3. The van der Waals surface area contributed by atoms with E-state index in [1.54, 1.807) is 0 Å². The third kappa shape index (κ3) is 3.85. The van der Waals surface area contributed by atoms with Crippen LogP contribution >= 0.6 is 0 Å². The Morgan fingerprint density at radius 2 is 1.72 bits per heavy atom. The van der Waals surface area contributed by atoms with Crippen LogP contribution in [0.1, 0.15) is 60.8 Å². The maximum absolute atomic E-state index is 13.6. The van der Waals surface area contributed by atoms with Crippen molar-refractivity contribution in [1.82, 2.24) is 9.80 Å². The number of nitrogens with zero attached hydrogens (tertiary/aromatic N) is 2. The standard InChI is InChI=1S/C27H32N2O3/c1-4-29-25(31)17-27(26(29)32,23-14-8-6-11-20(23)3)16-24(30)28-15-9-12-21(18-28)22-13-7-5-10-19(22)2/h5-8,10-11,13-14,21H,4,9,12,15-18H2,1-3H3/t21-,27+/m0/s1. The number of hydrogen-bond acceptors (Lipinski definition) is 3. The summed E-state index contributed by atoms with van der Waals surface area (Å²) in [6.45, 7) is 7.56. The van der Waals surface area contributed by atoms with Gasteiger partial charge in [0.2, 0.25) is 17.7 Å². The fourth-order valence-corrected chi connectivity index (χ4v) is 5.55. The molecule has 5 heteroatoms. The molecule has 2 aromatic rings. The molecule has 5 nitrogen and oxygen atoms in total. The molecule has 2 fully saturated rings. The van der Waals surface area contributed by atoms with Gasteiger partial charge in [0.15, 0.2) is 0 Å². The van der Waals surface area contributed by atoms with E-state index in [4.69, 9.17) is 0 Å². The summed E-state index contributed by atoms with van der Waals surface area (Å²) in [4.78, 5) is 43.1. The van der Waals surface area contributed by atoms with Gasteiger partial charge in [0.1, 0.15) is 0 Å². The molecular formula is C27H32N2O3. The van der Waals surface area contributed by atoms with Crippen LogP contribution in [0.5, 0.6) is 0 Å². The van der Waals surface area contributed by atoms with Crippen molar-refractivity contribution in [3.63, 3.8) is 0 Å². The van der Waals surface area contributed by atoms with Crippen molar-refractivity contribution in [3.8, 4) is 0 Å². The molecule has 0 unspecified atom stereocenters. The van der Waals surface area contributed by atoms with Crippen molar-refractivity contribution in [2.24, 2.45) is 0 Å². The van der Waals surface area contributed by atoms with E-state index in [9.17, 15) is 14.4 Å². The Morgan fingerprint density at radius 3 is 2.38 bits per heavy atom. The summed E-state index contributed by atoms with van der Waals surface area (Å²) in [7, 11) is 0. The van der Waals surface area contributed by atoms with Crippen LogP contribution in [0.3, 0.4) is 0 Å². The SMILES string of the molecule is CCN1C(=O)C[C@](CC(=O)N2CCC[C@H](c3ccccc3C)C2)(c2ccccc2C)C1=O. The fraction of sp³-hybridized carbons (Fsp3) is 0.444. The summed E-state index contributed by atoms with van der Waals surface area (Å²) in [5.74, 6) is -0.160. The van der Waals surface area contributed by atoms with E-state index in [1.165, 1.54) is 16.0 Å². The number of carbonyl (C=O) groups is 3. The molecule has 2 aliphatic rings. The molecule has 32 heavy (non-hydrogen) atoms. The van der Waals surface area contributed by atoms with E-state index >= 15 is 0 Å².